The second kappa shape index (κ2) is 5.17. The second-order valence-corrected chi connectivity index (χ2v) is 5.55. The molecule has 0 radical (unpaired) electrons. The van der Waals surface area contributed by atoms with Crippen molar-refractivity contribution in [3.05, 3.63) is 0 Å². The van der Waals surface area contributed by atoms with E-state index in [0.717, 1.165) is 19.0 Å². The zero-order valence-electron chi connectivity index (χ0n) is 10.5. The fourth-order valence-corrected chi connectivity index (χ4v) is 2.81. The molecule has 2 atom stereocenters. The lowest BCUT2D eigenvalue weighted by molar-refractivity contribution is -0.127. The Balaban J connectivity index is 1.76. The zero-order valence-corrected chi connectivity index (χ0v) is 10.5. The van der Waals surface area contributed by atoms with Gasteiger partial charge in [0.05, 0.1) is 0 Å². The van der Waals surface area contributed by atoms with E-state index >= 15 is 0 Å². The largest absolute Gasteiger partial charge is 0.353 e. The zero-order chi connectivity index (χ0) is 11.5. The molecule has 0 aromatic rings. The summed E-state index contributed by atoms with van der Waals surface area (Å²) < 4.78 is 0. The van der Waals surface area contributed by atoms with E-state index in [1.165, 1.54) is 25.7 Å². The van der Waals surface area contributed by atoms with E-state index in [4.69, 9.17) is 0 Å². The van der Waals surface area contributed by atoms with Crippen molar-refractivity contribution in [3.63, 3.8) is 0 Å². The summed E-state index contributed by atoms with van der Waals surface area (Å²) in [5.41, 5.74) is 0. The van der Waals surface area contributed by atoms with Crippen molar-refractivity contribution >= 4 is 5.91 Å². The highest BCUT2D eigenvalue weighted by molar-refractivity contribution is 5.79. The Morgan fingerprint density at radius 3 is 2.31 bits per heavy atom. The number of carbonyl (C=O) groups excluding carboxylic acids is 1. The van der Waals surface area contributed by atoms with Crippen molar-refractivity contribution < 1.29 is 4.79 Å². The summed E-state index contributed by atoms with van der Waals surface area (Å²) in [5.74, 6) is 1.70. The van der Waals surface area contributed by atoms with Gasteiger partial charge in [0.1, 0.15) is 0 Å². The number of carbonyl (C=O) groups is 1. The molecule has 1 amide bonds. The van der Waals surface area contributed by atoms with Gasteiger partial charge in [-0.15, -0.1) is 0 Å². The first-order valence-corrected chi connectivity index (χ1v) is 6.69. The van der Waals surface area contributed by atoms with E-state index in [1.807, 2.05) is 0 Å². The van der Waals surface area contributed by atoms with Crippen LogP contribution in [-0.2, 0) is 4.79 Å². The highest BCUT2D eigenvalue weighted by atomic mass is 16.1. The molecule has 2 aliphatic rings. The van der Waals surface area contributed by atoms with Gasteiger partial charge in [-0.2, -0.15) is 0 Å². The molecule has 1 aliphatic heterocycles. The minimum absolute atomic E-state index is 0.171. The molecule has 2 N–H and O–H groups in total. The topological polar surface area (TPSA) is 41.1 Å². The fraction of sp³-hybridized carbons (Fsp3) is 0.923. The standard InChI is InChI=1S/C13H24N2O/c1-9(12-7-14-8-12)13(16)15-10(2)11-5-3-4-6-11/h9-12,14H,3-8H2,1-2H3,(H,15,16)/t9?,10-/m1/s1. The van der Waals surface area contributed by atoms with Crippen molar-refractivity contribution in [1.82, 2.24) is 10.6 Å². The summed E-state index contributed by atoms with van der Waals surface area (Å²) in [6.45, 7) is 6.24. The number of rotatable bonds is 4. The lowest BCUT2D eigenvalue weighted by Crippen LogP contribution is -2.51. The lowest BCUT2D eigenvalue weighted by atomic mass is 9.87. The molecule has 2 fully saturated rings. The third kappa shape index (κ3) is 2.57. The Kier molecular flexibility index (Phi) is 3.85. The van der Waals surface area contributed by atoms with Crippen LogP contribution < -0.4 is 10.6 Å². The van der Waals surface area contributed by atoms with E-state index < -0.39 is 0 Å². The van der Waals surface area contributed by atoms with Crippen molar-refractivity contribution in [2.75, 3.05) is 13.1 Å². The van der Waals surface area contributed by atoms with Gasteiger partial charge < -0.3 is 10.6 Å². The third-order valence-corrected chi connectivity index (χ3v) is 4.41. The van der Waals surface area contributed by atoms with Crippen LogP contribution in [0.1, 0.15) is 39.5 Å². The summed E-state index contributed by atoms with van der Waals surface area (Å²) in [6, 6.07) is 0.366. The summed E-state index contributed by atoms with van der Waals surface area (Å²) in [4.78, 5) is 12.0. The van der Waals surface area contributed by atoms with Gasteiger partial charge in [0, 0.05) is 12.0 Å². The SMILES string of the molecule is CC(C(=O)N[C@H](C)C1CCCC1)C1CNC1. The Morgan fingerprint density at radius 1 is 1.19 bits per heavy atom. The molecule has 2 rings (SSSR count). The number of hydrogen-bond acceptors (Lipinski definition) is 2. The molecule has 1 unspecified atom stereocenters. The summed E-state index contributed by atoms with van der Waals surface area (Å²) in [7, 11) is 0. The Labute approximate surface area is 98.4 Å². The molecule has 16 heavy (non-hydrogen) atoms. The maximum atomic E-state index is 12.0. The molecule has 0 aromatic carbocycles. The molecule has 0 spiro atoms. The van der Waals surface area contributed by atoms with Crippen LogP contribution in [0.25, 0.3) is 0 Å². The average Bonchev–Trinajstić information content (AvgIpc) is 2.67. The number of amides is 1. The molecule has 1 saturated heterocycles. The van der Waals surface area contributed by atoms with Gasteiger partial charge in [0.25, 0.3) is 0 Å². The summed E-state index contributed by atoms with van der Waals surface area (Å²) in [6.07, 6.45) is 5.27. The van der Waals surface area contributed by atoms with Gasteiger partial charge in [-0.25, -0.2) is 0 Å². The monoisotopic (exact) mass is 224 g/mol. The van der Waals surface area contributed by atoms with Crippen LogP contribution in [0.3, 0.4) is 0 Å². The molecular weight excluding hydrogens is 200 g/mol. The second-order valence-electron chi connectivity index (χ2n) is 5.55. The van der Waals surface area contributed by atoms with E-state index in [1.54, 1.807) is 0 Å². The van der Waals surface area contributed by atoms with E-state index in [2.05, 4.69) is 24.5 Å². The fourth-order valence-electron chi connectivity index (χ4n) is 2.81. The predicted molar refractivity (Wildman–Crippen MR) is 65.1 cm³/mol. The Morgan fingerprint density at radius 2 is 1.81 bits per heavy atom. The van der Waals surface area contributed by atoms with Crippen molar-refractivity contribution in [1.29, 1.82) is 0 Å². The first-order valence-electron chi connectivity index (χ1n) is 6.69. The normalized spacial score (nSPS) is 26.1. The van der Waals surface area contributed by atoms with Gasteiger partial charge in [-0.3, -0.25) is 4.79 Å². The van der Waals surface area contributed by atoms with Gasteiger partial charge in [-0.05, 0) is 44.7 Å². The van der Waals surface area contributed by atoms with Gasteiger partial charge >= 0.3 is 0 Å². The van der Waals surface area contributed by atoms with Crippen LogP contribution in [-0.4, -0.2) is 25.0 Å². The van der Waals surface area contributed by atoms with Gasteiger partial charge in [0.15, 0.2) is 0 Å². The van der Waals surface area contributed by atoms with Crippen LogP contribution in [0, 0.1) is 17.8 Å². The molecular formula is C13H24N2O. The molecule has 3 heteroatoms. The molecule has 92 valence electrons. The molecule has 0 bridgehead atoms. The smallest absolute Gasteiger partial charge is 0.223 e. The first kappa shape index (κ1) is 11.9. The summed E-state index contributed by atoms with van der Waals surface area (Å²) >= 11 is 0. The van der Waals surface area contributed by atoms with E-state index in [0.29, 0.717) is 12.0 Å². The summed E-state index contributed by atoms with van der Waals surface area (Å²) in [5, 5.41) is 6.43. The lowest BCUT2D eigenvalue weighted by Gasteiger charge is -2.33. The highest BCUT2D eigenvalue weighted by Crippen LogP contribution is 2.28. The average molecular weight is 224 g/mol. The number of nitrogens with one attached hydrogen (secondary N) is 2. The van der Waals surface area contributed by atoms with Gasteiger partial charge in [0.2, 0.25) is 5.91 Å². The Hall–Kier alpha value is -0.570. The predicted octanol–water partition coefficient (Wildman–Crippen LogP) is 1.54. The maximum Gasteiger partial charge on any atom is 0.223 e. The van der Waals surface area contributed by atoms with Crippen molar-refractivity contribution in [3.8, 4) is 0 Å². The molecule has 1 aliphatic carbocycles. The van der Waals surface area contributed by atoms with Crippen LogP contribution >= 0.6 is 0 Å². The van der Waals surface area contributed by atoms with Crippen LogP contribution in [0.15, 0.2) is 0 Å². The number of hydrogen-bond donors (Lipinski definition) is 2. The first-order chi connectivity index (χ1) is 7.68. The van der Waals surface area contributed by atoms with E-state index in [9.17, 15) is 4.79 Å². The third-order valence-electron chi connectivity index (χ3n) is 4.41. The van der Waals surface area contributed by atoms with Gasteiger partial charge in [-0.1, -0.05) is 19.8 Å². The molecule has 3 nitrogen and oxygen atoms in total. The molecule has 0 aromatic heterocycles. The minimum atomic E-state index is 0.171. The highest BCUT2D eigenvalue weighted by Gasteiger charge is 2.30. The maximum absolute atomic E-state index is 12.0. The molecule has 1 saturated carbocycles. The quantitative estimate of drug-likeness (QED) is 0.760. The van der Waals surface area contributed by atoms with Crippen molar-refractivity contribution in [2.24, 2.45) is 17.8 Å². The van der Waals surface area contributed by atoms with Crippen LogP contribution in [0.4, 0.5) is 0 Å². The minimum Gasteiger partial charge on any atom is -0.353 e. The Bertz CT molecular complexity index is 244. The van der Waals surface area contributed by atoms with E-state index in [-0.39, 0.29) is 11.8 Å². The molecule has 1 heterocycles. The van der Waals surface area contributed by atoms with Crippen LogP contribution in [0.5, 0.6) is 0 Å². The van der Waals surface area contributed by atoms with Crippen molar-refractivity contribution in [2.45, 2.75) is 45.6 Å². The van der Waals surface area contributed by atoms with Crippen LogP contribution in [0.2, 0.25) is 0 Å².